The first kappa shape index (κ1) is 14.1. The topological polar surface area (TPSA) is 40.5 Å². The number of hydrogen-bond acceptors (Lipinski definition) is 2. The first-order chi connectivity index (χ1) is 9.06. The van der Waals surface area contributed by atoms with E-state index in [0.717, 1.165) is 5.56 Å². The second-order valence-electron chi connectivity index (χ2n) is 5.00. The average Bonchev–Trinajstić information content (AvgIpc) is 2.41. The maximum atomic E-state index is 12.0. The Hall–Kier alpha value is -1.32. The third kappa shape index (κ3) is 3.82. The summed E-state index contributed by atoms with van der Waals surface area (Å²) in [6, 6.07) is 7.33. The summed E-state index contributed by atoms with van der Waals surface area (Å²) in [5.74, 6) is 0.135. The van der Waals surface area contributed by atoms with Crippen LogP contribution in [0.4, 0.5) is 0 Å². The quantitative estimate of drug-likeness (QED) is 0.846. The third-order valence-corrected chi connectivity index (χ3v) is 3.71. The summed E-state index contributed by atoms with van der Waals surface area (Å²) in [7, 11) is 0. The zero-order valence-electron chi connectivity index (χ0n) is 10.9. The van der Waals surface area contributed by atoms with Crippen LogP contribution in [0.2, 0.25) is 5.02 Å². The molecule has 0 radical (unpaired) electrons. The molecule has 2 atom stereocenters. The van der Waals surface area contributed by atoms with E-state index in [-0.39, 0.29) is 17.9 Å². The summed E-state index contributed by atoms with van der Waals surface area (Å²) in [5, 5.41) is 10.3. The summed E-state index contributed by atoms with van der Waals surface area (Å²) in [6.07, 6.45) is 3.73. The predicted octanol–water partition coefficient (Wildman–Crippen LogP) is 2.58. The van der Waals surface area contributed by atoms with Gasteiger partial charge in [-0.2, -0.15) is 0 Å². The van der Waals surface area contributed by atoms with E-state index in [1.807, 2.05) is 19.1 Å². The van der Waals surface area contributed by atoms with Crippen LogP contribution in [0.3, 0.4) is 0 Å². The molecule has 1 aromatic carbocycles. The Bertz CT molecular complexity index is 470. The predicted molar refractivity (Wildman–Crippen MR) is 76.9 cm³/mol. The number of aliphatic hydroxyl groups is 1. The van der Waals surface area contributed by atoms with Gasteiger partial charge in [0.15, 0.2) is 0 Å². The Morgan fingerprint density at radius 3 is 2.74 bits per heavy atom. The highest BCUT2D eigenvalue weighted by molar-refractivity contribution is 6.30. The van der Waals surface area contributed by atoms with Gasteiger partial charge >= 0.3 is 0 Å². The van der Waals surface area contributed by atoms with Gasteiger partial charge in [-0.3, -0.25) is 4.79 Å². The summed E-state index contributed by atoms with van der Waals surface area (Å²) < 4.78 is 0. The molecular formula is C15H18ClNO2. The van der Waals surface area contributed by atoms with Gasteiger partial charge in [0.2, 0.25) is 5.91 Å². The van der Waals surface area contributed by atoms with Gasteiger partial charge < -0.3 is 10.0 Å². The number of benzene rings is 1. The Labute approximate surface area is 118 Å². The fourth-order valence-electron chi connectivity index (χ4n) is 2.18. The van der Waals surface area contributed by atoms with Crippen molar-refractivity contribution in [3.63, 3.8) is 0 Å². The number of likely N-dealkylation sites (tertiary alicyclic amines) is 1. The van der Waals surface area contributed by atoms with E-state index >= 15 is 0 Å². The highest BCUT2D eigenvalue weighted by Gasteiger charge is 2.25. The number of carbonyl (C=O) groups excluding carboxylic acids is 1. The SMILES string of the molecule is CC1CN(C(=O)/C=C/c2ccc(Cl)cc2)CCC1O. The van der Waals surface area contributed by atoms with Gasteiger partial charge in [-0.05, 0) is 36.1 Å². The maximum Gasteiger partial charge on any atom is 0.246 e. The normalized spacial score (nSPS) is 23.8. The minimum absolute atomic E-state index is 0.00583. The maximum absolute atomic E-state index is 12.0. The lowest BCUT2D eigenvalue weighted by atomic mass is 9.97. The van der Waals surface area contributed by atoms with Crippen molar-refractivity contribution in [3.05, 3.63) is 40.9 Å². The molecule has 0 bridgehead atoms. The third-order valence-electron chi connectivity index (χ3n) is 3.46. The molecule has 3 nitrogen and oxygen atoms in total. The lowest BCUT2D eigenvalue weighted by Gasteiger charge is -2.33. The second-order valence-corrected chi connectivity index (χ2v) is 5.44. The molecule has 102 valence electrons. The van der Waals surface area contributed by atoms with Gasteiger partial charge in [-0.15, -0.1) is 0 Å². The van der Waals surface area contributed by atoms with Crippen molar-refractivity contribution in [2.24, 2.45) is 5.92 Å². The molecule has 1 amide bonds. The van der Waals surface area contributed by atoms with Gasteiger partial charge in [0.05, 0.1) is 6.10 Å². The van der Waals surface area contributed by atoms with Crippen LogP contribution in [0.5, 0.6) is 0 Å². The molecule has 0 spiro atoms. The van der Waals surface area contributed by atoms with Crippen LogP contribution in [0.15, 0.2) is 30.3 Å². The largest absolute Gasteiger partial charge is 0.393 e. The zero-order chi connectivity index (χ0) is 13.8. The van der Waals surface area contributed by atoms with Gasteiger partial charge in [0.1, 0.15) is 0 Å². The Morgan fingerprint density at radius 2 is 2.11 bits per heavy atom. The number of rotatable bonds is 2. The number of hydrogen-bond donors (Lipinski definition) is 1. The molecule has 1 aliphatic rings. The van der Waals surface area contributed by atoms with E-state index in [9.17, 15) is 9.90 Å². The van der Waals surface area contributed by atoms with Gasteiger partial charge in [0.25, 0.3) is 0 Å². The summed E-state index contributed by atoms with van der Waals surface area (Å²) in [4.78, 5) is 13.8. The monoisotopic (exact) mass is 279 g/mol. The van der Waals surface area contributed by atoms with Crippen molar-refractivity contribution in [2.75, 3.05) is 13.1 Å². The molecule has 2 unspecified atom stereocenters. The van der Waals surface area contributed by atoms with Crippen LogP contribution in [0, 0.1) is 5.92 Å². The van der Waals surface area contributed by atoms with Crippen molar-refractivity contribution in [1.29, 1.82) is 0 Å². The summed E-state index contributed by atoms with van der Waals surface area (Å²) in [6.45, 7) is 3.20. The van der Waals surface area contributed by atoms with E-state index in [1.54, 1.807) is 29.2 Å². The molecule has 2 rings (SSSR count). The standard InChI is InChI=1S/C15H18ClNO2/c1-11-10-17(9-8-14(11)18)15(19)7-4-12-2-5-13(16)6-3-12/h2-7,11,14,18H,8-10H2,1H3/b7-4+. The Balaban J connectivity index is 1.95. The fraction of sp³-hybridized carbons (Fsp3) is 0.400. The molecule has 1 aliphatic heterocycles. The van der Waals surface area contributed by atoms with E-state index in [0.29, 0.717) is 24.5 Å². The van der Waals surface area contributed by atoms with Crippen LogP contribution in [0.25, 0.3) is 6.08 Å². The van der Waals surface area contributed by atoms with E-state index in [4.69, 9.17) is 11.6 Å². The van der Waals surface area contributed by atoms with Crippen LogP contribution in [0.1, 0.15) is 18.9 Å². The van der Waals surface area contributed by atoms with Crippen molar-refractivity contribution in [2.45, 2.75) is 19.4 Å². The Morgan fingerprint density at radius 1 is 1.42 bits per heavy atom. The highest BCUT2D eigenvalue weighted by Crippen LogP contribution is 2.17. The minimum Gasteiger partial charge on any atom is -0.393 e. The average molecular weight is 280 g/mol. The molecular weight excluding hydrogens is 262 g/mol. The van der Waals surface area contributed by atoms with Crippen molar-refractivity contribution < 1.29 is 9.90 Å². The van der Waals surface area contributed by atoms with Crippen LogP contribution < -0.4 is 0 Å². The second kappa shape index (κ2) is 6.22. The molecule has 0 aliphatic carbocycles. The van der Waals surface area contributed by atoms with Crippen LogP contribution >= 0.6 is 11.6 Å². The molecule has 4 heteroatoms. The number of carbonyl (C=O) groups is 1. The van der Waals surface area contributed by atoms with Gasteiger partial charge in [-0.25, -0.2) is 0 Å². The van der Waals surface area contributed by atoms with E-state index < -0.39 is 0 Å². The van der Waals surface area contributed by atoms with Crippen molar-refractivity contribution in [3.8, 4) is 0 Å². The molecule has 1 N–H and O–H groups in total. The number of piperidine rings is 1. The molecule has 1 fully saturated rings. The lowest BCUT2D eigenvalue weighted by Crippen LogP contribution is -2.44. The first-order valence-electron chi connectivity index (χ1n) is 6.47. The molecule has 19 heavy (non-hydrogen) atoms. The van der Waals surface area contributed by atoms with Crippen LogP contribution in [-0.4, -0.2) is 35.1 Å². The van der Waals surface area contributed by atoms with Crippen molar-refractivity contribution in [1.82, 2.24) is 4.90 Å². The number of halogens is 1. The molecule has 1 aromatic rings. The molecule has 1 heterocycles. The minimum atomic E-state index is -0.288. The zero-order valence-corrected chi connectivity index (χ0v) is 11.7. The van der Waals surface area contributed by atoms with Crippen molar-refractivity contribution >= 4 is 23.6 Å². The van der Waals surface area contributed by atoms with E-state index in [1.165, 1.54) is 0 Å². The van der Waals surface area contributed by atoms with Crippen LogP contribution in [-0.2, 0) is 4.79 Å². The fourth-order valence-corrected chi connectivity index (χ4v) is 2.31. The summed E-state index contributed by atoms with van der Waals surface area (Å²) in [5.41, 5.74) is 0.947. The number of amides is 1. The first-order valence-corrected chi connectivity index (χ1v) is 6.84. The van der Waals surface area contributed by atoms with Gasteiger partial charge in [-0.1, -0.05) is 30.7 Å². The molecule has 0 aromatic heterocycles. The molecule has 0 saturated carbocycles. The van der Waals surface area contributed by atoms with Gasteiger partial charge in [0, 0.05) is 24.2 Å². The molecule has 1 saturated heterocycles. The highest BCUT2D eigenvalue weighted by atomic mass is 35.5. The number of nitrogens with zero attached hydrogens (tertiary/aromatic N) is 1. The Kier molecular flexibility index (Phi) is 4.61. The summed E-state index contributed by atoms with van der Waals surface area (Å²) >= 11 is 5.80. The van der Waals surface area contributed by atoms with E-state index in [2.05, 4.69) is 0 Å². The number of aliphatic hydroxyl groups excluding tert-OH is 1. The smallest absolute Gasteiger partial charge is 0.246 e. The lowest BCUT2D eigenvalue weighted by molar-refractivity contribution is -0.129.